The fourth-order valence-corrected chi connectivity index (χ4v) is 3.48. The topological polar surface area (TPSA) is 105 Å². The number of nitrogens with two attached hydrogens (primary N) is 1. The second-order valence-corrected chi connectivity index (χ2v) is 6.36. The normalized spacial score (nSPS) is 18.1. The molecule has 0 fully saturated rings. The molecule has 7 nitrogen and oxygen atoms in total. The zero-order chi connectivity index (χ0) is 17.0. The molecule has 0 amide bonds. The van der Waals surface area contributed by atoms with Crippen LogP contribution in [0, 0.1) is 19.3 Å². The number of nitrogens with one attached hydrogen (secondary N) is 2. The van der Waals surface area contributed by atoms with Crippen LogP contribution in [0.4, 0.5) is 11.5 Å². The van der Waals surface area contributed by atoms with E-state index in [0.29, 0.717) is 29.5 Å². The first-order valence-electron chi connectivity index (χ1n) is 8.13. The van der Waals surface area contributed by atoms with E-state index in [-0.39, 0.29) is 5.56 Å². The maximum absolute atomic E-state index is 12.6. The van der Waals surface area contributed by atoms with Gasteiger partial charge in [0.15, 0.2) is 11.5 Å². The molecule has 2 aliphatic rings. The van der Waals surface area contributed by atoms with Crippen molar-refractivity contribution in [2.24, 2.45) is 4.99 Å². The second kappa shape index (κ2) is 5.09. The highest BCUT2D eigenvalue weighted by Gasteiger charge is 2.24. The summed E-state index contributed by atoms with van der Waals surface area (Å²) in [5.41, 5.74) is 11.1. The minimum Gasteiger partial charge on any atom is -0.382 e. The number of nitrogen functional groups attached to an aromatic ring is 1. The van der Waals surface area contributed by atoms with E-state index < -0.39 is 0 Å². The summed E-state index contributed by atoms with van der Waals surface area (Å²) >= 11 is 0. The van der Waals surface area contributed by atoms with Crippen molar-refractivity contribution in [2.45, 2.75) is 39.8 Å². The number of aryl methyl sites for hydroxylation is 1. The second-order valence-electron chi connectivity index (χ2n) is 6.36. The first-order valence-corrected chi connectivity index (χ1v) is 8.13. The number of rotatable bonds is 1. The van der Waals surface area contributed by atoms with Crippen molar-refractivity contribution in [1.82, 2.24) is 14.3 Å². The number of fused-ring (bicyclic) bond motifs is 2. The summed E-state index contributed by atoms with van der Waals surface area (Å²) in [5.74, 6) is 0.419. The monoisotopic (exact) mass is 324 g/mol. The highest BCUT2D eigenvalue weighted by molar-refractivity contribution is 6.25. The fourth-order valence-electron chi connectivity index (χ4n) is 3.48. The average Bonchev–Trinajstić information content (AvgIpc) is 3.01. The molecule has 2 aromatic heterocycles. The van der Waals surface area contributed by atoms with E-state index in [0.717, 1.165) is 41.9 Å². The van der Waals surface area contributed by atoms with E-state index in [1.807, 2.05) is 18.5 Å². The molecule has 4 N–H and O–H groups in total. The molecule has 7 heteroatoms. The minimum atomic E-state index is -0.143. The molecule has 4 rings (SSSR count). The standard InChI is InChI=1S/C17H20N6O/c1-9-10(2)20-14-12(6-5-11(18)13(9)14)21-15-16(19)22-7-3-4-8-23(22)17(15)24/h5-6,18,20H,3-4,7-8,19H2,1-2H3/b18-11?,21-12+. The van der Waals surface area contributed by atoms with Crippen LogP contribution in [0.1, 0.15) is 35.4 Å². The molecule has 0 atom stereocenters. The van der Waals surface area contributed by atoms with Gasteiger partial charge in [0, 0.05) is 24.3 Å². The largest absolute Gasteiger partial charge is 0.382 e. The quantitative estimate of drug-likeness (QED) is 0.747. The lowest BCUT2D eigenvalue weighted by atomic mass is 9.97. The zero-order valence-corrected chi connectivity index (χ0v) is 13.8. The van der Waals surface area contributed by atoms with E-state index in [1.54, 1.807) is 16.8 Å². The number of hydrogen-bond acceptors (Lipinski definition) is 4. The van der Waals surface area contributed by atoms with Crippen LogP contribution < -0.4 is 11.3 Å². The molecule has 0 saturated carbocycles. The van der Waals surface area contributed by atoms with Gasteiger partial charge in [0.1, 0.15) is 0 Å². The molecule has 0 radical (unpaired) electrons. The molecule has 1 aliphatic carbocycles. The first kappa shape index (κ1) is 14.7. The summed E-state index contributed by atoms with van der Waals surface area (Å²) in [4.78, 5) is 20.5. The number of aliphatic imine (C=N–C) groups is 1. The highest BCUT2D eigenvalue weighted by atomic mass is 16.1. The molecule has 124 valence electrons. The number of hydrogen-bond donors (Lipinski definition) is 3. The Bertz CT molecular complexity index is 982. The van der Waals surface area contributed by atoms with Crippen LogP contribution in [0.2, 0.25) is 0 Å². The van der Waals surface area contributed by atoms with Gasteiger partial charge >= 0.3 is 0 Å². The summed E-state index contributed by atoms with van der Waals surface area (Å²) in [5, 5.41) is 8.13. The Hall–Kier alpha value is -2.83. The third kappa shape index (κ3) is 1.94. The van der Waals surface area contributed by atoms with Crippen molar-refractivity contribution < 1.29 is 0 Å². The van der Waals surface area contributed by atoms with Crippen LogP contribution in [-0.4, -0.2) is 25.8 Å². The van der Waals surface area contributed by atoms with Crippen molar-refractivity contribution in [1.29, 1.82) is 5.41 Å². The van der Waals surface area contributed by atoms with Crippen molar-refractivity contribution in [3.8, 4) is 0 Å². The third-order valence-electron chi connectivity index (χ3n) is 4.90. The van der Waals surface area contributed by atoms with Crippen LogP contribution in [0.25, 0.3) is 0 Å². The Morgan fingerprint density at radius 1 is 1.21 bits per heavy atom. The van der Waals surface area contributed by atoms with Gasteiger partial charge in [0.25, 0.3) is 5.56 Å². The van der Waals surface area contributed by atoms with Crippen LogP contribution in [-0.2, 0) is 13.1 Å². The maximum atomic E-state index is 12.6. The molecule has 0 unspecified atom stereocenters. The number of nitrogens with zero attached hydrogens (tertiary/aromatic N) is 3. The Morgan fingerprint density at radius 2 is 1.92 bits per heavy atom. The third-order valence-corrected chi connectivity index (χ3v) is 4.90. The number of H-pyrrole nitrogens is 1. The number of anilines is 1. The van der Waals surface area contributed by atoms with Crippen LogP contribution in [0.3, 0.4) is 0 Å². The minimum absolute atomic E-state index is 0.143. The molecule has 3 heterocycles. The SMILES string of the molecule is Cc1[nH]c2c(c1C)C(=N)C=C/C2=N\c1c(N)n2n(c1=O)CCCC2. The maximum Gasteiger partial charge on any atom is 0.294 e. The Labute approximate surface area is 139 Å². The smallest absolute Gasteiger partial charge is 0.294 e. The van der Waals surface area contributed by atoms with Gasteiger partial charge in [-0.3, -0.25) is 9.48 Å². The van der Waals surface area contributed by atoms with Gasteiger partial charge in [-0.1, -0.05) is 0 Å². The lowest BCUT2D eigenvalue weighted by Gasteiger charge is -2.17. The molecule has 0 spiro atoms. The van der Waals surface area contributed by atoms with E-state index in [2.05, 4.69) is 9.98 Å². The summed E-state index contributed by atoms with van der Waals surface area (Å²) in [6, 6.07) is 0. The van der Waals surface area contributed by atoms with E-state index in [4.69, 9.17) is 11.1 Å². The Morgan fingerprint density at radius 3 is 2.62 bits per heavy atom. The van der Waals surface area contributed by atoms with Gasteiger partial charge in [0.05, 0.1) is 17.1 Å². The first-order chi connectivity index (χ1) is 11.5. The lowest BCUT2D eigenvalue weighted by Crippen LogP contribution is -2.27. The van der Waals surface area contributed by atoms with Crippen LogP contribution in [0.5, 0.6) is 0 Å². The lowest BCUT2D eigenvalue weighted by molar-refractivity contribution is 0.360. The van der Waals surface area contributed by atoms with Crippen molar-refractivity contribution in [3.05, 3.63) is 45.0 Å². The van der Waals surface area contributed by atoms with Gasteiger partial charge in [-0.25, -0.2) is 9.67 Å². The van der Waals surface area contributed by atoms with Gasteiger partial charge in [-0.15, -0.1) is 0 Å². The van der Waals surface area contributed by atoms with Crippen molar-refractivity contribution in [2.75, 3.05) is 5.73 Å². The molecule has 0 bridgehead atoms. The molecule has 1 aliphatic heterocycles. The van der Waals surface area contributed by atoms with Crippen LogP contribution in [0.15, 0.2) is 21.9 Å². The van der Waals surface area contributed by atoms with Gasteiger partial charge in [-0.2, -0.15) is 0 Å². The number of allylic oxidation sites excluding steroid dienone is 2. The summed E-state index contributed by atoms with van der Waals surface area (Å²) in [7, 11) is 0. The van der Waals surface area contributed by atoms with Gasteiger partial charge in [-0.05, 0) is 44.4 Å². The van der Waals surface area contributed by atoms with Gasteiger partial charge < -0.3 is 16.1 Å². The molecule has 0 aromatic carbocycles. The highest BCUT2D eigenvalue weighted by Crippen LogP contribution is 2.27. The molecule has 0 saturated heterocycles. The summed E-state index contributed by atoms with van der Waals surface area (Å²) < 4.78 is 3.50. The molecule has 24 heavy (non-hydrogen) atoms. The van der Waals surface area contributed by atoms with E-state index in [1.165, 1.54) is 0 Å². The predicted molar refractivity (Wildman–Crippen MR) is 94.8 cm³/mol. The number of aromatic nitrogens is 3. The predicted octanol–water partition coefficient (Wildman–Crippen LogP) is 2.03. The molecule has 2 aromatic rings. The Balaban J connectivity index is 1.91. The Kier molecular flexibility index (Phi) is 3.13. The van der Waals surface area contributed by atoms with Gasteiger partial charge in [0.2, 0.25) is 0 Å². The zero-order valence-electron chi connectivity index (χ0n) is 13.8. The van der Waals surface area contributed by atoms with Crippen molar-refractivity contribution >= 4 is 22.9 Å². The van der Waals surface area contributed by atoms with Crippen LogP contribution >= 0.6 is 0 Å². The van der Waals surface area contributed by atoms with E-state index in [9.17, 15) is 4.79 Å². The fraction of sp³-hybridized carbons (Fsp3) is 0.353. The average molecular weight is 324 g/mol. The molecular weight excluding hydrogens is 304 g/mol. The van der Waals surface area contributed by atoms with E-state index >= 15 is 0 Å². The summed E-state index contributed by atoms with van der Waals surface area (Å²) in [6.07, 6.45) is 5.48. The van der Waals surface area contributed by atoms with Crippen molar-refractivity contribution in [3.63, 3.8) is 0 Å². The summed E-state index contributed by atoms with van der Waals surface area (Å²) in [6.45, 7) is 5.38. The molecular formula is C17H20N6O. The number of aromatic amines is 1.